The van der Waals surface area contributed by atoms with Crippen molar-refractivity contribution in [3.8, 4) is 0 Å². The van der Waals surface area contributed by atoms with E-state index in [0.29, 0.717) is 12.2 Å². The summed E-state index contributed by atoms with van der Waals surface area (Å²) in [5.41, 5.74) is 1.52. The van der Waals surface area contributed by atoms with Gasteiger partial charge in [0.25, 0.3) is 0 Å². The fraction of sp³-hybridized carbons (Fsp3) is 0.273. The summed E-state index contributed by atoms with van der Waals surface area (Å²) in [4.78, 5) is 0. The molecule has 0 saturated carbocycles. The largest absolute Gasteiger partial charge is 0.316 e. The molecule has 0 radical (unpaired) electrons. The maximum atomic E-state index is 11.6. The second kappa shape index (κ2) is 5.67. The van der Waals surface area contributed by atoms with Crippen LogP contribution in [0.3, 0.4) is 0 Å². The minimum absolute atomic E-state index is 0.0825. The van der Waals surface area contributed by atoms with Crippen LogP contribution in [0.25, 0.3) is 0 Å². The number of rotatable bonds is 6. The summed E-state index contributed by atoms with van der Waals surface area (Å²) in [7, 11) is -1.51. The van der Waals surface area contributed by atoms with E-state index in [9.17, 15) is 8.42 Å². The molecule has 16 heavy (non-hydrogen) atoms. The smallest absolute Gasteiger partial charge is 0.236 e. The van der Waals surface area contributed by atoms with Crippen LogP contribution < -0.4 is 10.0 Å². The number of anilines is 1. The molecule has 0 fully saturated rings. The van der Waals surface area contributed by atoms with Crippen molar-refractivity contribution < 1.29 is 8.42 Å². The minimum Gasteiger partial charge on any atom is -0.316 e. The highest BCUT2D eigenvalue weighted by Gasteiger charge is 2.09. The highest BCUT2D eigenvalue weighted by Crippen LogP contribution is 2.16. The molecular weight excluding hydrogens is 224 g/mol. The van der Waals surface area contributed by atoms with Gasteiger partial charge in [-0.05, 0) is 18.7 Å². The van der Waals surface area contributed by atoms with E-state index in [1.54, 1.807) is 12.1 Å². The van der Waals surface area contributed by atoms with Gasteiger partial charge in [-0.1, -0.05) is 24.3 Å². The maximum Gasteiger partial charge on any atom is 0.236 e. The number of nitrogens with one attached hydrogen (secondary N) is 2. The Morgan fingerprint density at radius 1 is 1.38 bits per heavy atom. The van der Waals surface area contributed by atoms with Gasteiger partial charge in [-0.25, -0.2) is 8.42 Å². The number of hydrogen-bond acceptors (Lipinski definition) is 3. The van der Waals surface area contributed by atoms with Crippen LogP contribution in [0.2, 0.25) is 0 Å². The first kappa shape index (κ1) is 12.7. The fourth-order valence-corrected chi connectivity index (χ4v) is 2.26. The Morgan fingerprint density at radius 3 is 2.69 bits per heavy atom. The van der Waals surface area contributed by atoms with Gasteiger partial charge in [-0.15, -0.1) is 6.58 Å². The average Bonchev–Trinajstić information content (AvgIpc) is 2.20. The first-order valence-electron chi connectivity index (χ1n) is 4.93. The van der Waals surface area contributed by atoms with Crippen molar-refractivity contribution in [1.82, 2.24) is 5.32 Å². The summed E-state index contributed by atoms with van der Waals surface area (Å²) in [6.07, 6.45) is 1.36. The molecule has 4 nitrogen and oxygen atoms in total. The zero-order valence-corrected chi connectivity index (χ0v) is 10.0. The topological polar surface area (TPSA) is 58.2 Å². The lowest BCUT2D eigenvalue weighted by atomic mass is 10.2. The van der Waals surface area contributed by atoms with Crippen LogP contribution in [0, 0.1) is 0 Å². The van der Waals surface area contributed by atoms with Crippen molar-refractivity contribution in [1.29, 1.82) is 0 Å². The Kier molecular flexibility index (Phi) is 4.52. The lowest BCUT2D eigenvalue weighted by molar-refractivity contribution is 0.604. The lowest BCUT2D eigenvalue weighted by Crippen LogP contribution is -2.17. The van der Waals surface area contributed by atoms with Crippen LogP contribution >= 0.6 is 0 Å². The van der Waals surface area contributed by atoms with E-state index >= 15 is 0 Å². The van der Waals surface area contributed by atoms with Crippen LogP contribution in [0.15, 0.2) is 36.9 Å². The summed E-state index contributed by atoms with van der Waals surface area (Å²) < 4.78 is 25.6. The molecule has 0 aromatic heterocycles. The quantitative estimate of drug-likeness (QED) is 0.738. The molecule has 0 aliphatic rings. The van der Waals surface area contributed by atoms with E-state index in [1.807, 2.05) is 19.2 Å². The molecule has 1 aromatic rings. The Balaban J connectivity index is 2.92. The molecule has 0 aliphatic carbocycles. The number of benzene rings is 1. The first-order valence-corrected chi connectivity index (χ1v) is 6.58. The van der Waals surface area contributed by atoms with Crippen LogP contribution in [0.1, 0.15) is 5.56 Å². The monoisotopic (exact) mass is 240 g/mol. The van der Waals surface area contributed by atoms with Crippen LogP contribution in [0.4, 0.5) is 5.69 Å². The molecule has 0 bridgehead atoms. The molecule has 0 heterocycles. The van der Waals surface area contributed by atoms with E-state index in [4.69, 9.17) is 0 Å². The van der Waals surface area contributed by atoms with Gasteiger partial charge >= 0.3 is 0 Å². The Hall–Kier alpha value is -1.33. The molecule has 1 rings (SSSR count). The molecule has 2 N–H and O–H groups in total. The van der Waals surface area contributed by atoms with E-state index in [0.717, 1.165) is 5.56 Å². The third-order valence-corrected chi connectivity index (χ3v) is 3.19. The third kappa shape index (κ3) is 3.67. The molecule has 0 aliphatic heterocycles. The van der Waals surface area contributed by atoms with Crippen molar-refractivity contribution in [3.05, 3.63) is 42.5 Å². The minimum atomic E-state index is -3.32. The summed E-state index contributed by atoms with van der Waals surface area (Å²) >= 11 is 0. The number of para-hydroxylation sites is 1. The molecule has 5 heteroatoms. The van der Waals surface area contributed by atoms with Crippen molar-refractivity contribution in [3.63, 3.8) is 0 Å². The summed E-state index contributed by atoms with van der Waals surface area (Å²) in [5, 5.41) is 2.99. The summed E-state index contributed by atoms with van der Waals surface area (Å²) in [6, 6.07) is 7.29. The zero-order chi connectivity index (χ0) is 12.0. The van der Waals surface area contributed by atoms with Gasteiger partial charge in [0.05, 0.1) is 11.4 Å². The molecule has 1 aromatic carbocycles. The van der Waals surface area contributed by atoms with Crippen molar-refractivity contribution in [2.75, 3.05) is 17.5 Å². The standard InChI is InChI=1S/C11H16N2O2S/c1-3-8-16(14,15)13-11-7-5-4-6-10(11)9-12-2/h3-7,12-13H,1,8-9H2,2H3. The fourth-order valence-electron chi connectivity index (χ4n) is 1.33. The van der Waals surface area contributed by atoms with Crippen molar-refractivity contribution in [2.24, 2.45) is 0 Å². The second-order valence-electron chi connectivity index (χ2n) is 3.36. The maximum absolute atomic E-state index is 11.6. The van der Waals surface area contributed by atoms with E-state index < -0.39 is 10.0 Å². The Labute approximate surface area is 96.4 Å². The van der Waals surface area contributed by atoms with Crippen LogP contribution in [0.5, 0.6) is 0 Å². The lowest BCUT2D eigenvalue weighted by Gasteiger charge is -2.11. The van der Waals surface area contributed by atoms with Gasteiger partial charge in [0, 0.05) is 6.54 Å². The van der Waals surface area contributed by atoms with E-state index in [-0.39, 0.29) is 5.75 Å². The van der Waals surface area contributed by atoms with Gasteiger partial charge in [0.2, 0.25) is 10.0 Å². The molecule has 88 valence electrons. The molecule has 0 spiro atoms. The highest BCUT2D eigenvalue weighted by molar-refractivity contribution is 7.92. The van der Waals surface area contributed by atoms with E-state index in [2.05, 4.69) is 16.6 Å². The van der Waals surface area contributed by atoms with Gasteiger partial charge in [0.15, 0.2) is 0 Å². The van der Waals surface area contributed by atoms with Crippen molar-refractivity contribution >= 4 is 15.7 Å². The predicted octanol–water partition coefficient (Wildman–Crippen LogP) is 1.33. The zero-order valence-electron chi connectivity index (χ0n) is 9.23. The highest BCUT2D eigenvalue weighted by atomic mass is 32.2. The van der Waals surface area contributed by atoms with Gasteiger partial charge in [-0.2, -0.15) is 0 Å². The first-order chi connectivity index (χ1) is 7.59. The van der Waals surface area contributed by atoms with Gasteiger partial charge < -0.3 is 5.32 Å². The predicted molar refractivity (Wildman–Crippen MR) is 66.8 cm³/mol. The summed E-state index contributed by atoms with van der Waals surface area (Å²) in [6.45, 7) is 4.03. The molecule has 0 amide bonds. The molecular formula is C11H16N2O2S. The van der Waals surface area contributed by atoms with E-state index in [1.165, 1.54) is 6.08 Å². The summed E-state index contributed by atoms with van der Waals surface area (Å²) in [5.74, 6) is -0.0825. The van der Waals surface area contributed by atoms with Crippen molar-refractivity contribution in [2.45, 2.75) is 6.54 Å². The molecule has 0 unspecified atom stereocenters. The third-order valence-electron chi connectivity index (χ3n) is 1.99. The van der Waals surface area contributed by atoms with Crippen LogP contribution in [-0.4, -0.2) is 21.2 Å². The molecule has 0 saturated heterocycles. The molecule has 0 atom stereocenters. The Morgan fingerprint density at radius 2 is 2.06 bits per heavy atom. The SMILES string of the molecule is C=CCS(=O)(=O)Nc1ccccc1CNC. The second-order valence-corrected chi connectivity index (χ2v) is 5.13. The number of hydrogen-bond donors (Lipinski definition) is 2. The van der Waals surface area contributed by atoms with Gasteiger partial charge in [0.1, 0.15) is 0 Å². The Bertz CT molecular complexity index is 455. The normalized spacial score (nSPS) is 11.1. The van der Waals surface area contributed by atoms with Crippen LogP contribution in [-0.2, 0) is 16.6 Å². The van der Waals surface area contributed by atoms with Gasteiger partial charge in [-0.3, -0.25) is 4.72 Å². The average molecular weight is 240 g/mol. The number of sulfonamides is 1.